The number of β-amino-alcohol motifs (C(OH)–C–C–N with tert-alkyl or cyclic N) is 1. The number of piperidine rings is 2. The minimum absolute atomic E-state index is 0.0642. The van der Waals surface area contributed by atoms with Crippen LogP contribution in [0.25, 0.3) is 10.9 Å². The van der Waals surface area contributed by atoms with E-state index in [9.17, 15) is 14.3 Å². The van der Waals surface area contributed by atoms with Gasteiger partial charge >= 0.3 is 0 Å². The molecule has 0 unspecified atom stereocenters. The molecule has 4 heterocycles. The summed E-state index contributed by atoms with van der Waals surface area (Å²) < 4.78 is 13.5. The summed E-state index contributed by atoms with van der Waals surface area (Å²) in [6.07, 6.45) is 8.88. The van der Waals surface area contributed by atoms with Crippen molar-refractivity contribution in [2.24, 2.45) is 5.92 Å². The number of terminal acetylenes is 1. The van der Waals surface area contributed by atoms with Crippen LogP contribution >= 0.6 is 0 Å². The molecule has 37 heavy (non-hydrogen) atoms. The molecule has 7 heteroatoms. The number of nitrogens with one attached hydrogen (secondary N) is 2. The third kappa shape index (κ3) is 4.49. The van der Waals surface area contributed by atoms with Crippen molar-refractivity contribution in [2.75, 3.05) is 44.6 Å². The molecule has 1 amide bonds. The van der Waals surface area contributed by atoms with E-state index in [1.165, 1.54) is 23.4 Å². The molecule has 0 saturated carbocycles. The van der Waals surface area contributed by atoms with Gasteiger partial charge in [0.25, 0.3) is 5.91 Å². The van der Waals surface area contributed by atoms with Crippen molar-refractivity contribution in [3.63, 3.8) is 0 Å². The average Bonchev–Trinajstić information content (AvgIpc) is 3.50. The second kappa shape index (κ2) is 9.51. The number of carbonyl (C=O) groups excluding carboxylic acids is 1. The third-order valence-electron chi connectivity index (χ3n) is 8.82. The van der Waals surface area contributed by atoms with Crippen molar-refractivity contribution < 1.29 is 14.3 Å². The zero-order chi connectivity index (χ0) is 25.6. The van der Waals surface area contributed by atoms with E-state index in [4.69, 9.17) is 6.42 Å². The summed E-state index contributed by atoms with van der Waals surface area (Å²) >= 11 is 0. The maximum absolute atomic E-state index is 13.5. The number of hydrogen-bond acceptors (Lipinski definition) is 4. The van der Waals surface area contributed by atoms with Gasteiger partial charge < -0.3 is 25.2 Å². The molecule has 2 saturated heterocycles. The maximum Gasteiger partial charge on any atom is 0.270 e. The van der Waals surface area contributed by atoms with Crippen LogP contribution in [0, 0.1) is 24.1 Å². The standard InChI is InChI=1S/C30H33FN4O2/c1-2-20-3-5-24-26(15-20)32-19-30(24)9-13-34(14-10-30)18-28(36)21-7-11-35(12-8-21)29(37)27-17-22-16-23(31)4-6-25(22)33-27/h1,3-6,15-17,21,28,32-33,36H,7-14,18-19H2/t28-/m0/s1. The fourth-order valence-corrected chi connectivity index (χ4v) is 6.50. The Morgan fingerprint density at radius 2 is 1.92 bits per heavy atom. The van der Waals surface area contributed by atoms with E-state index in [0.29, 0.717) is 30.7 Å². The van der Waals surface area contributed by atoms with Gasteiger partial charge in [0, 0.05) is 53.7 Å². The number of H-pyrrole nitrogens is 1. The maximum atomic E-state index is 13.5. The number of hydrogen-bond donors (Lipinski definition) is 3. The first-order chi connectivity index (χ1) is 17.9. The summed E-state index contributed by atoms with van der Waals surface area (Å²) in [7, 11) is 0. The lowest BCUT2D eigenvalue weighted by atomic mass is 9.74. The zero-order valence-electron chi connectivity index (χ0n) is 21.0. The van der Waals surface area contributed by atoms with Gasteiger partial charge in [0.15, 0.2) is 0 Å². The molecule has 2 fully saturated rings. The van der Waals surface area contributed by atoms with Crippen molar-refractivity contribution in [2.45, 2.75) is 37.2 Å². The Morgan fingerprint density at radius 3 is 2.68 bits per heavy atom. The fourth-order valence-electron chi connectivity index (χ4n) is 6.50. The molecule has 6 nitrogen and oxygen atoms in total. The van der Waals surface area contributed by atoms with Gasteiger partial charge in [0.1, 0.15) is 11.5 Å². The number of aliphatic hydroxyl groups is 1. The van der Waals surface area contributed by atoms with Gasteiger partial charge in [-0.25, -0.2) is 4.39 Å². The quantitative estimate of drug-likeness (QED) is 0.475. The van der Waals surface area contributed by atoms with Crippen molar-refractivity contribution in [3.8, 4) is 12.3 Å². The average molecular weight is 501 g/mol. The Kier molecular flexibility index (Phi) is 6.18. The second-order valence-electron chi connectivity index (χ2n) is 11.0. The van der Waals surface area contributed by atoms with Crippen LogP contribution in [0.5, 0.6) is 0 Å². The van der Waals surface area contributed by atoms with Gasteiger partial charge in [0.05, 0.1) is 6.10 Å². The van der Waals surface area contributed by atoms with Crippen LogP contribution in [0.15, 0.2) is 42.5 Å². The van der Waals surface area contributed by atoms with Crippen LogP contribution in [0.3, 0.4) is 0 Å². The predicted octanol–water partition coefficient (Wildman–Crippen LogP) is 3.96. The highest BCUT2D eigenvalue weighted by atomic mass is 19.1. The van der Waals surface area contributed by atoms with Gasteiger partial charge in [-0.3, -0.25) is 4.79 Å². The highest BCUT2D eigenvalue weighted by Gasteiger charge is 2.42. The molecule has 3 N–H and O–H groups in total. The third-order valence-corrected chi connectivity index (χ3v) is 8.82. The Morgan fingerprint density at radius 1 is 1.14 bits per heavy atom. The number of nitrogens with zero attached hydrogens (tertiary/aromatic N) is 2. The number of fused-ring (bicyclic) bond motifs is 3. The first kappa shape index (κ1) is 24.0. The Labute approximate surface area is 216 Å². The van der Waals surface area contributed by atoms with Crippen LogP contribution in [-0.4, -0.2) is 71.2 Å². The van der Waals surface area contributed by atoms with Crippen LogP contribution in [0.4, 0.5) is 10.1 Å². The molecule has 6 rings (SSSR count). The number of aromatic nitrogens is 1. The Hall–Kier alpha value is -3.34. The first-order valence-corrected chi connectivity index (χ1v) is 13.3. The van der Waals surface area contributed by atoms with E-state index in [-0.39, 0.29) is 23.1 Å². The number of halogens is 1. The molecule has 3 aliphatic rings. The summed E-state index contributed by atoms with van der Waals surface area (Å²) in [5, 5.41) is 15.3. The monoisotopic (exact) mass is 500 g/mol. The van der Waals surface area contributed by atoms with E-state index < -0.39 is 6.10 Å². The predicted molar refractivity (Wildman–Crippen MR) is 143 cm³/mol. The number of rotatable bonds is 4. The summed E-state index contributed by atoms with van der Waals surface area (Å²) in [4.78, 5) is 20.4. The minimum atomic E-state index is -0.394. The molecule has 0 aliphatic carbocycles. The molecular weight excluding hydrogens is 467 g/mol. The van der Waals surface area contributed by atoms with E-state index >= 15 is 0 Å². The molecular formula is C30H33FN4O2. The Bertz CT molecular complexity index is 1360. The summed E-state index contributed by atoms with van der Waals surface area (Å²) in [6.45, 7) is 4.80. The van der Waals surface area contributed by atoms with Crippen LogP contribution in [-0.2, 0) is 5.41 Å². The van der Waals surface area contributed by atoms with Crippen LogP contribution < -0.4 is 5.32 Å². The Balaban J connectivity index is 1.01. The number of carbonyl (C=O) groups is 1. The van der Waals surface area contributed by atoms with Crippen molar-refractivity contribution >= 4 is 22.5 Å². The van der Waals surface area contributed by atoms with Crippen molar-refractivity contribution in [1.29, 1.82) is 0 Å². The second-order valence-corrected chi connectivity index (χ2v) is 11.0. The van der Waals surface area contributed by atoms with E-state index in [1.807, 2.05) is 11.0 Å². The molecule has 1 spiro atoms. The summed E-state index contributed by atoms with van der Waals surface area (Å²) in [5.41, 5.74) is 4.86. The molecule has 1 aromatic heterocycles. The summed E-state index contributed by atoms with van der Waals surface area (Å²) in [5.74, 6) is 2.53. The molecule has 2 aromatic carbocycles. The number of aliphatic hydroxyl groups excluding tert-OH is 1. The van der Waals surface area contributed by atoms with Crippen molar-refractivity contribution in [1.82, 2.24) is 14.8 Å². The van der Waals surface area contributed by atoms with E-state index in [2.05, 4.69) is 33.3 Å². The number of anilines is 1. The smallest absolute Gasteiger partial charge is 0.270 e. The lowest BCUT2D eigenvalue weighted by Crippen LogP contribution is -2.48. The lowest BCUT2D eigenvalue weighted by Gasteiger charge is -2.41. The number of amides is 1. The molecule has 192 valence electrons. The van der Waals surface area contributed by atoms with Gasteiger partial charge in [-0.05, 0) is 86.7 Å². The molecule has 0 bridgehead atoms. The molecule has 3 aliphatic heterocycles. The molecule has 3 aromatic rings. The van der Waals surface area contributed by atoms with Crippen LogP contribution in [0.2, 0.25) is 0 Å². The van der Waals surface area contributed by atoms with Gasteiger partial charge in [-0.1, -0.05) is 12.0 Å². The number of benzene rings is 2. The SMILES string of the molecule is C#Cc1ccc2c(c1)NCC21CCN(C[C@H](O)C2CCN(C(=O)c3cc4cc(F)ccc4[nH]3)CC2)CC1. The lowest BCUT2D eigenvalue weighted by molar-refractivity contribution is 0.0203. The minimum Gasteiger partial charge on any atom is -0.392 e. The van der Waals surface area contributed by atoms with Gasteiger partial charge in [0.2, 0.25) is 0 Å². The van der Waals surface area contributed by atoms with E-state index in [0.717, 1.165) is 56.4 Å². The highest BCUT2D eigenvalue weighted by Crippen LogP contribution is 2.44. The fraction of sp³-hybridized carbons (Fsp3) is 0.433. The summed E-state index contributed by atoms with van der Waals surface area (Å²) in [6, 6.07) is 12.5. The largest absolute Gasteiger partial charge is 0.392 e. The van der Waals surface area contributed by atoms with Gasteiger partial charge in [-0.15, -0.1) is 6.42 Å². The van der Waals surface area contributed by atoms with Crippen molar-refractivity contribution in [3.05, 3.63) is 65.1 Å². The normalized spacial score (nSPS) is 20.5. The topological polar surface area (TPSA) is 71.6 Å². The van der Waals surface area contributed by atoms with Crippen LogP contribution in [0.1, 0.15) is 47.3 Å². The van der Waals surface area contributed by atoms with E-state index in [1.54, 1.807) is 12.1 Å². The molecule has 0 radical (unpaired) electrons. The highest BCUT2D eigenvalue weighted by molar-refractivity contribution is 5.98. The van der Waals surface area contributed by atoms with Gasteiger partial charge in [-0.2, -0.15) is 0 Å². The molecule has 1 atom stereocenters. The number of aromatic amines is 1. The first-order valence-electron chi connectivity index (χ1n) is 13.3. The zero-order valence-corrected chi connectivity index (χ0v) is 21.0. The number of likely N-dealkylation sites (tertiary alicyclic amines) is 2.